The predicted octanol–water partition coefficient (Wildman–Crippen LogP) is -1.43. The fourth-order valence-corrected chi connectivity index (χ4v) is 1.19. The second-order valence-electron chi connectivity index (χ2n) is 2.76. The molecule has 6 nitrogen and oxygen atoms in total. The van der Waals surface area contributed by atoms with Gasteiger partial charge in [0.15, 0.2) is 0 Å². The van der Waals surface area contributed by atoms with E-state index in [0.717, 1.165) is 0 Å². The van der Waals surface area contributed by atoms with Gasteiger partial charge in [0.1, 0.15) is 12.0 Å². The first kappa shape index (κ1) is 11.2. The molecule has 0 spiro atoms. The molecule has 80 valence electrons. The van der Waals surface area contributed by atoms with Crippen molar-refractivity contribution < 1.29 is 19.4 Å². The molecule has 6 heteroatoms. The number of hydrogen-bond donors (Lipinski definition) is 3. The molecule has 0 aromatic rings. The first-order chi connectivity index (χ1) is 7.15. The van der Waals surface area contributed by atoms with Crippen LogP contribution in [0.15, 0.2) is 29.0 Å². The van der Waals surface area contributed by atoms with Gasteiger partial charge in [-0.05, 0) is 12.2 Å². The van der Waals surface area contributed by atoms with Gasteiger partial charge in [0.05, 0.1) is 24.0 Å². The second kappa shape index (κ2) is 4.56. The van der Waals surface area contributed by atoms with Crippen LogP contribution in [-0.4, -0.2) is 30.2 Å². The van der Waals surface area contributed by atoms with Crippen LogP contribution in [0.5, 0.6) is 0 Å². The van der Waals surface area contributed by atoms with E-state index in [2.05, 4.69) is 10.2 Å². The summed E-state index contributed by atoms with van der Waals surface area (Å²) in [5.41, 5.74) is 2.27. The summed E-state index contributed by atoms with van der Waals surface area (Å²) in [6.07, 6.45) is 1.34. The molecule has 0 heterocycles. The van der Waals surface area contributed by atoms with E-state index in [9.17, 15) is 14.7 Å². The van der Waals surface area contributed by atoms with Crippen LogP contribution >= 0.6 is 0 Å². The van der Waals surface area contributed by atoms with Crippen LogP contribution in [0.25, 0.3) is 0 Å². The minimum Gasteiger partial charge on any atom is -0.466 e. The van der Waals surface area contributed by atoms with Gasteiger partial charge in [-0.3, -0.25) is 5.84 Å². The highest BCUT2D eigenvalue weighted by atomic mass is 16.5. The van der Waals surface area contributed by atoms with Crippen molar-refractivity contribution in [1.29, 1.82) is 0 Å². The van der Waals surface area contributed by atoms with Gasteiger partial charge in [0.2, 0.25) is 0 Å². The van der Waals surface area contributed by atoms with Crippen molar-refractivity contribution in [2.75, 3.05) is 7.11 Å². The Morgan fingerprint density at radius 1 is 1.67 bits per heavy atom. The molecule has 4 N–H and O–H groups in total. The van der Waals surface area contributed by atoms with Gasteiger partial charge >= 0.3 is 5.97 Å². The Kier molecular flexibility index (Phi) is 3.41. The van der Waals surface area contributed by atoms with E-state index in [1.807, 2.05) is 0 Å². The molecule has 0 aliphatic heterocycles. The fraction of sp³-hybridized carbons (Fsp3) is 0.222. The molecule has 0 radical (unpaired) electrons. The van der Waals surface area contributed by atoms with E-state index in [0.29, 0.717) is 0 Å². The third-order valence-corrected chi connectivity index (χ3v) is 1.97. The Balaban J connectivity index is 3.14. The highest BCUT2D eigenvalue weighted by Gasteiger charge is 2.28. The molecule has 0 saturated heterocycles. The van der Waals surface area contributed by atoms with Gasteiger partial charge in [-0.25, -0.2) is 9.59 Å². The number of hydrogen-bond acceptors (Lipinski definition) is 6. The Labute approximate surface area is 85.7 Å². The lowest BCUT2D eigenvalue weighted by Crippen LogP contribution is -2.32. The summed E-state index contributed by atoms with van der Waals surface area (Å²) in [6, 6.07) is 0. The molecule has 0 saturated carbocycles. The van der Waals surface area contributed by atoms with Crippen molar-refractivity contribution in [2.45, 2.75) is 6.10 Å². The number of methoxy groups -OCH3 is 1. The van der Waals surface area contributed by atoms with Crippen LogP contribution in [0.1, 0.15) is 0 Å². The van der Waals surface area contributed by atoms with Crippen molar-refractivity contribution in [3.05, 3.63) is 29.0 Å². The number of nitrogens with one attached hydrogen (secondary N) is 1. The lowest BCUT2D eigenvalue weighted by molar-refractivity contribution is -0.137. The highest BCUT2D eigenvalue weighted by molar-refractivity contribution is 5.92. The third kappa shape index (κ3) is 1.97. The van der Waals surface area contributed by atoms with E-state index in [-0.39, 0.29) is 16.8 Å². The van der Waals surface area contributed by atoms with Crippen molar-refractivity contribution in [2.24, 2.45) is 5.84 Å². The maximum atomic E-state index is 11.2. The van der Waals surface area contributed by atoms with Gasteiger partial charge in [-0.2, -0.15) is 0 Å². The molecule has 15 heavy (non-hydrogen) atoms. The largest absolute Gasteiger partial charge is 0.466 e. The minimum atomic E-state index is -1.37. The van der Waals surface area contributed by atoms with Gasteiger partial charge < -0.3 is 15.3 Å². The van der Waals surface area contributed by atoms with E-state index in [4.69, 9.17) is 5.84 Å². The van der Waals surface area contributed by atoms with Gasteiger partial charge in [-0.1, -0.05) is 0 Å². The molecule has 0 fully saturated rings. The van der Waals surface area contributed by atoms with Gasteiger partial charge in [0.25, 0.3) is 0 Å². The predicted molar refractivity (Wildman–Crippen MR) is 50.7 cm³/mol. The van der Waals surface area contributed by atoms with E-state index in [1.54, 1.807) is 0 Å². The van der Waals surface area contributed by atoms with Crippen molar-refractivity contribution in [3.63, 3.8) is 0 Å². The first-order valence-electron chi connectivity index (χ1n) is 4.06. The highest BCUT2D eigenvalue weighted by Crippen LogP contribution is 2.21. The summed E-state index contributed by atoms with van der Waals surface area (Å²) < 4.78 is 4.43. The van der Waals surface area contributed by atoms with Crippen LogP contribution in [0, 0.1) is 0 Å². The smallest absolute Gasteiger partial charge is 0.336 e. The molecule has 1 aliphatic carbocycles. The lowest BCUT2D eigenvalue weighted by atomic mass is 9.95. The zero-order valence-electron chi connectivity index (χ0n) is 7.98. The van der Waals surface area contributed by atoms with Crippen LogP contribution in [0.2, 0.25) is 0 Å². The zero-order valence-corrected chi connectivity index (χ0v) is 7.98. The topological polar surface area (TPSA) is 102 Å². The molecule has 1 aliphatic rings. The number of rotatable bonds is 2. The Morgan fingerprint density at radius 2 is 2.33 bits per heavy atom. The van der Waals surface area contributed by atoms with Gasteiger partial charge in [-0.15, -0.1) is 0 Å². The maximum absolute atomic E-state index is 11.2. The number of aliphatic hydroxyl groups is 1. The third-order valence-electron chi connectivity index (χ3n) is 1.97. The van der Waals surface area contributed by atoms with Crippen LogP contribution in [0.3, 0.4) is 0 Å². The van der Waals surface area contributed by atoms with Crippen molar-refractivity contribution in [3.8, 4) is 0 Å². The average molecular weight is 210 g/mol. The summed E-state index contributed by atoms with van der Waals surface area (Å²) in [6.45, 7) is 0. The molecule has 1 rings (SSSR count). The fourth-order valence-electron chi connectivity index (χ4n) is 1.19. The second-order valence-corrected chi connectivity index (χ2v) is 2.76. The number of carbonyl (C=O) groups is 1. The number of aliphatic hydroxyl groups excluding tert-OH is 1. The lowest BCUT2D eigenvalue weighted by Gasteiger charge is -2.19. The van der Waals surface area contributed by atoms with E-state index < -0.39 is 12.1 Å². The van der Waals surface area contributed by atoms with E-state index in [1.165, 1.54) is 25.2 Å². The van der Waals surface area contributed by atoms with Crippen molar-refractivity contribution >= 4 is 11.9 Å². The average Bonchev–Trinajstić information content (AvgIpc) is 2.27. The molecular weight excluding hydrogens is 200 g/mol. The zero-order chi connectivity index (χ0) is 11.4. The number of hydrazine groups is 1. The molecule has 1 unspecified atom stereocenters. The molecule has 0 aromatic carbocycles. The molecular formula is C9H10N2O4. The Bertz CT molecular complexity index is 391. The van der Waals surface area contributed by atoms with Crippen LogP contribution in [0.4, 0.5) is 0 Å². The van der Waals surface area contributed by atoms with E-state index >= 15 is 0 Å². The van der Waals surface area contributed by atoms with Crippen molar-refractivity contribution in [1.82, 2.24) is 5.43 Å². The minimum absolute atomic E-state index is 0.0325. The molecule has 0 aromatic heterocycles. The Hall–Kier alpha value is -1.88. The number of esters is 1. The monoisotopic (exact) mass is 210 g/mol. The maximum Gasteiger partial charge on any atom is 0.336 e. The van der Waals surface area contributed by atoms with Gasteiger partial charge in [0, 0.05) is 0 Å². The number of carbonyl (C=O) groups excluding carboxylic acids is 2. The standard InChI is InChI=1S/C9H10N2O4/c1-15-9(14)5-2-3-7(11-10)6(4-12)8(5)13/h2-3,8,11,13H,10H2,1H3. The summed E-state index contributed by atoms with van der Waals surface area (Å²) in [5, 5.41) is 9.63. The van der Waals surface area contributed by atoms with Crippen LogP contribution in [-0.2, 0) is 14.3 Å². The molecule has 0 bridgehead atoms. The molecule has 1 atom stereocenters. The molecule has 0 amide bonds. The number of allylic oxidation sites excluding steroid dienone is 2. The summed E-state index contributed by atoms with van der Waals surface area (Å²) in [7, 11) is 1.18. The summed E-state index contributed by atoms with van der Waals surface area (Å²) in [4.78, 5) is 21.7. The normalized spacial score (nSPS) is 19.9. The quantitative estimate of drug-likeness (QED) is 0.223. The Morgan fingerprint density at radius 3 is 2.80 bits per heavy atom. The van der Waals surface area contributed by atoms with Crippen LogP contribution < -0.4 is 11.3 Å². The SMILES string of the molecule is COC(=O)C1=CC=C(NN)C(=C=O)C1O. The number of nitrogens with two attached hydrogens (primary N) is 1. The summed E-state index contributed by atoms with van der Waals surface area (Å²) >= 11 is 0. The first-order valence-corrected chi connectivity index (χ1v) is 4.06. The number of ether oxygens (including phenoxy) is 1. The summed E-state index contributed by atoms with van der Waals surface area (Å²) in [5.74, 6) is 5.93.